The minimum absolute atomic E-state index is 0.432. The molecule has 5 nitrogen and oxygen atoms in total. The van der Waals surface area contributed by atoms with Gasteiger partial charge in [-0.15, -0.1) is 0 Å². The van der Waals surface area contributed by atoms with E-state index in [-0.39, 0.29) is 0 Å². The van der Waals surface area contributed by atoms with Crippen LogP contribution < -0.4 is 14.2 Å². The number of likely N-dealkylation sites (tertiary alicyclic amines) is 1. The van der Waals surface area contributed by atoms with Gasteiger partial charge in [0.25, 0.3) is 0 Å². The van der Waals surface area contributed by atoms with Crippen molar-refractivity contribution in [1.29, 1.82) is 0 Å². The number of aromatic nitrogens is 1. The minimum atomic E-state index is 0.432. The average molecular weight is 340 g/mol. The fraction of sp³-hybridized carbons (Fsp3) is 0.450. The Hall–Kier alpha value is -2.27. The van der Waals surface area contributed by atoms with Crippen molar-refractivity contribution in [3.05, 3.63) is 36.5 Å². The summed E-state index contributed by atoms with van der Waals surface area (Å²) in [7, 11) is 3.31. The number of ether oxygens (including phenoxy) is 3. The van der Waals surface area contributed by atoms with Gasteiger partial charge < -0.3 is 14.2 Å². The van der Waals surface area contributed by atoms with Crippen LogP contribution in [-0.4, -0.2) is 50.3 Å². The highest BCUT2D eigenvalue weighted by atomic mass is 16.5. The van der Waals surface area contributed by atoms with Crippen molar-refractivity contribution in [2.45, 2.75) is 12.8 Å². The molecule has 1 aromatic carbocycles. The lowest BCUT2D eigenvalue weighted by Crippen LogP contribution is -2.26. The smallest absolute Gasteiger partial charge is 0.163 e. The normalized spacial score (nSPS) is 18.7. The number of hydrogen-bond acceptors (Lipinski definition) is 5. The maximum atomic E-state index is 6.02. The van der Waals surface area contributed by atoms with Gasteiger partial charge in [0.15, 0.2) is 11.5 Å². The van der Waals surface area contributed by atoms with Crippen molar-refractivity contribution in [1.82, 2.24) is 9.88 Å². The van der Waals surface area contributed by atoms with E-state index in [0.717, 1.165) is 42.0 Å². The molecule has 2 aliphatic rings. The Morgan fingerprint density at radius 1 is 1.16 bits per heavy atom. The molecule has 132 valence electrons. The number of fused-ring (bicyclic) bond motifs is 1. The summed E-state index contributed by atoms with van der Waals surface area (Å²) >= 11 is 0. The summed E-state index contributed by atoms with van der Waals surface area (Å²) in [6, 6.07) is 5.69. The van der Waals surface area contributed by atoms with E-state index < -0.39 is 0 Å². The molecule has 2 fully saturated rings. The Balaban J connectivity index is 1.46. The summed E-state index contributed by atoms with van der Waals surface area (Å²) in [4.78, 5) is 6.85. The van der Waals surface area contributed by atoms with E-state index in [1.54, 1.807) is 20.4 Å². The van der Waals surface area contributed by atoms with Crippen molar-refractivity contribution >= 4 is 10.9 Å². The Morgan fingerprint density at radius 2 is 1.96 bits per heavy atom. The number of rotatable bonds is 6. The molecule has 25 heavy (non-hydrogen) atoms. The molecule has 1 saturated heterocycles. The van der Waals surface area contributed by atoms with Crippen molar-refractivity contribution in [3.63, 3.8) is 0 Å². The Morgan fingerprint density at radius 3 is 2.64 bits per heavy atom. The van der Waals surface area contributed by atoms with Gasteiger partial charge in [-0.05, 0) is 25.0 Å². The predicted octanol–water partition coefficient (Wildman–Crippen LogP) is 3.28. The van der Waals surface area contributed by atoms with Crippen molar-refractivity contribution in [2.24, 2.45) is 5.41 Å². The van der Waals surface area contributed by atoms with E-state index in [1.165, 1.54) is 18.4 Å². The van der Waals surface area contributed by atoms with Crippen LogP contribution in [0.4, 0.5) is 0 Å². The first kappa shape index (κ1) is 16.2. The zero-order valence-corrected chi connectivity index (χ0v) is 14.9. The van der Waals surface area contributed by atoms with E-state index >= 15 is 0 Å². The van der Waals surface area contributed by atoms with E-state index in [4.69, 9.17) is 14.2 Å². The van der Waals surface area contributed by atoms with E-state index in [9.17, 15) is 0 Å². The summed E-state index contributed by atoms with van der Waals surface area (Å²) in [5, 5.41) is 0.917. The van der Waals surface area contributed by atoms with Crippen LogP contribution in [0.3, 0.4) is 0 Å². The van der Waals surface area contributed by atoms with Crippen LogP contribution in [0.1, 0.15) is 12.8 Å². The van der Waals surface area contributed by atoms with E-state index in [1.807, 2.05) is 18.2 Å². The lowest BCUT2D eigenvalue weighted by Gasteiger charge is -2.17. The molecule has 5 heteroatoms. The van der Waals surface area contributed by atoms with Crippen LogP contribution in [0.2, 0.25) is 0 Å². The van der Waals surface area contributed by atoms with Gasteiger partial charge in [0.1, 0.15) is 12.4 Å². The molecule has 4 rings (SSSR count). The largest absolute Gasteiger partial charge is 0.496 e. The van der Waals surface area contributed by atoms with Gasteiger partial charge in [0, 0.05) is 42.7 Å². The third-order valence-electron chi connectivity index (χ3n) is 5.42. The van der Waals surface area contributed by atoms with Crippen LogP contribution >= 0.6 is 0 Å². The SMILES string of the molecule is C=C1CN(CCOc2cc3nccc(OC)c3cc2OC)CC12CC2. The van der Waals surface area contributed by atoms with Gasteiger partial charge in [-0.1, -0.05) is 12.2 Å². The van der Waals surface area contributed by atoms with Gasteiger partial charge in [0.05, 0.1) is 19.7 Å². The van der Waals surface area contributed by atoms with Crippen molar-refractivity contribution in [3.8, 4) is 17.2 Å². The maximum Gasteiger partial charge on any atom is 0.163 e. The Labute approximate surface area is 148 Å². The molecular formula is C20H24N2O3. The fourth-order valence-electron chi connectivity index (χ4n) is 3.72. The molecule has 2 heterocycles. The Bertz CT molecular complexity index is 814. The quantitative estimate of drug-likeness (QED) is 0.755. The third kappa shape index (κ3) is 2.93. The zero-order valence-electron chi connectivity index (χ0n) is 14.9. The first-order valence-corrected chi connectivity index (χ1v) is 8.69. The minimum Gasteiger partial charge on any atom is -0.496 e. The molecule has 2 aromatic rings. The molecule has 1 aliphatic carbocycles. The lowest BCUT2D eigenvalue weighted by atomic mass is 10.0. The van der Waals surface area contributed by atoms with Gasteiger partial charge in [-0.2, -0.15) is 0 Å². The zero-order chi connectivity index (χ0) is 17.4. The first-order chi connectivity index (χ1) is 12.1. The number of methoxy groups -OCH3 is 2. The number of nitrogens with zero attached hydrogens (tertiary/aromatic N) is 2. The van der Waals surface area contributed by atoms with Crippen LogP contribution in [-0.2, 0) is 0 Å². The molecule has 1 aromatic heterocycles. The molecular weight excluding hydrogens is 316 g/mol. The van der Waals surface area contributed by atoms with Crippen LogP contribution in [0.25, 0.3) is 10.9 Å². The number of benzene rings is 1. The molecule has 1 aliphatic heterocycles. The molecule has 1 saturated carbocycles. The first-order valence-electron chi connectivity index (χ1n) is 8.69. The second kappa shape index (κ2) is 6.23. The maximum absolute atomic E-state index is 6.02. The van der Waals surface area contributed by atoms with E-state index in [0.29, 0.717) is 17.8 Å². The lowest BCUT2D eigenvalue weighted by molar-refractivity contribution is 0.225. The summed E-state index contributed by atoms with van der Waals surface area (Å²) in [6.07, 6.45) is 4.34. The number of pyridine rings is 1. The molecule has 0 bridgehead atoms. The summed E-state index contributed by atoms with van der Waals surface area (Å²) in [5.74, 6) is 2.19. The van der Waals surface area contributed by atoms with Gasteiger partial charge in [-0.3, -0.25) is 9.88 Å². The fourth-order valence-corrected chi connectivity index (χ4v) is 3.72. The van der Waals surface area contributed by atoms with Gasteiger partial charge in [0.2, 0.25) is 0 Å². The predicted molar refractivity (Wildman–Crippen MR) is 97.6 cm³/mol. The second-order valence-corrected chi connectivity index (χ2v) is 6.98. The molecule has 1 spiro atoms. The monoisotopic (exact) mass is 340 g/mol. The average Bonchev–Trinajstić information content (AvgIpc) is 3.34. The number of hydrogen-bond donors (Lipinski definition) is 0. The second-order valence-electron chi connectivity index (χ2n) is 6.98. The topological polar surface area (TPSA) is 43.8 Å². The molecule has 0 unspecified atom stereocenters. The summed E-state index contributed by atoms with van der Waals surface area (Å²) in [6.45, 7) is 7.88. The summed E-state index contributed by atoms with van der Waals surface area (Å²) in [5.41, 5.74) is 2.66. The van der Waals surface area contributed by atoms with Crippen LogP contribution in [0.15, 0.2) is 36.5 Å². The van der Waals surface area contributed by atoms with Gasteiger partial charge >= 0.3 is 0 Å². The standard InChI is InChI=1S/C20H24N2O3/c1-14-12-22(13-20(14)5-6-20)8-9-25-19-11-16-15(10-18(19)24-3)17(23-2)4-7-21-16/h4,7,10-11H,1,5-6,8-9,12-13H2,2-3H3. The highest BCUT2D eigenvalue weighted by molar-refractivity contribution is 5.88. The van der Waals surface area contributed by atoms with Crippen molar-refractivity contribution in [2.75, 3.05) is 40.5 Å². The molecule has 0 atom stereocenters. The van der Waals surface area contributed by atoms with Crippen LogP contribution in [0, 0.1) is 5.41 Å². The molecule has 0 radical (unpaired) electrons. The van der Waals surface area contributed by atoms with E-state index in [2.05, 4.69) is 16.5 Å². The summed E-state index contributed by atoms with van der Waals surface area (Å²) < 4.78 is 16.9. The molecule has 0 N–H and O–H groups in total. The highest BCUT2D eigenvalue weighted by Crippen LogP contribution is 2.55. The highest BCUT2D eigenvalue weighted by Gasteiger charge is 2.50. The van der Waals surface area contributed by atoms with Crippen LogP contribution in [0.5, 0.6) is 17.2 Å². The van der Waals surface area contributed by atoms with Crippen molar-refractivity contribution < 1.29 is 14.2 Å². The molecule has 0 amide bonds. The third-order valence-corrected chi connectivity index (χ3v) is 5.42. The Kier molecular flexibility index (Phi) is 4.04. The van der Waals surface area contributed by atoms with Gasteiger partial charge in [-0.25, -0.2) is 0 Å².